The molecular weight excluding hydrogens is 439 g/mol. The lowest BCUT2D eigenvalue weighted by Crippen LogP contribution is -2.26. The van der Waals surface area contributed by atoms with Crippen molar-refractivity contribution in [3.63, 3.8) is 0 Å². The lowest BCUT2D eigenvalue weighted by Gasteiger charge is -2.19. The number of carbonyl (C=O) groups is 1. The third-order valence-electron chi connectivity index (χ3n) is 4.45. The standard InChI is InChI=1S/C23H20Cl2N2O4/c1-27(16-7-5-4-6-8-16)23(28)31-21(12-17-18(24)13-26-14-19(17)25)15-9-10-20(29-2)22(11-15)30-3/h4-14H,1-3H3. The van der Waals surface area contributed by atoms with Crippen LogP contribution in [0.5, 0.6) is 11.5 Å². The fourth-order valence-electron chi connectivity index (χ4n) is 2.77. The minimum Gasteiger partial charge on any atom is -0.493 e. The zero-order valence-corrected chi connectivity index (χ0v) is 18.6. The minimum absolute atomic E-state index is 0.226. The highest BCUT2D eigenvalue weighted by Crippen LogP contribution is 2.34. The van der Waals surface area contributed by atoms with Gasteiger partial charge in [-0.1, -0.05) is 41.4 Å². The van der Waals surface area contributed by atoms with Crippen molar-refractivity contribution < 1.29 is 19.0 Å². The maximum atomic E-state index is 12.9. The van der Waals surface area contributed by atoms with E-state index in [2.05, 4.69) is 4.98 Å². The molecular formula is C23H20Cl2N2O4. The molecule has 0 spiro atoms. The van der Waals surface area contributed by atoms with E-state index in [1.807, 2.05) is 18.2 Å². The summed E-state index contributed by atoms with van der Waals surface area (Å²) in [7, 11) is 4.69. The summed E-state index contributed by atoms with van der Waals surface area (Å²) >= 11 is 12.6. The molecule has 2 aromatic carbocycles. The fourth-order valence-corrected chi connectivity index (χ4v) is 3.24. The number of rotatable bonds is 6. The van der Waals surface area contributed by atoms with Gasteiger partial charge in [-0.15, -0.1) is 0 Å². The molecule has 1 heterocycles. The van der Waals surface area contributed by atoms with Crippen LogP contribution >= 0.6 is 23.2 Å². The van der Waals surface area contributed by atoms with Crippen LogP contribution in [-0.2, 0) is 4.74 Å². The fraction of sp³-hybridized carbons (Fsp3) is 0.130. The Morgan fingerprint density at radius 1 is 0.968 bits per heavy atom. The summed E-state index contributed by atoms with van der Waals surface area (Å²) in [6, 6.07) is 14.3. The average Bonchev–Trinajstić information content (AvgIpc) is 2.80. The number of amides is 1. The van der Waals surface area contributed by atoms with Crippen molar-refractivity contribution in [2.24, 2.45) is 0 Å². The van der Waals surface area contributed by atoms with E-state index >= 15 is 0 Å². The van der Waals surface area contributed by atoms with Crippen LogP contribution in [0, 0.1) is 0 Å². The number of nitrogens with zero attached hydrogens (tertiary/aromatic N) is 2. The van der Waals surface area contributed by atoms with Gasteiger partial charge in [0, 0.05) is 36.3 Å². The van der Waals surface area contributed by atoms with E-state index in [1.54, 1.807) is 50.6 Å². The van der Waals surface area contributed by atoms with Gasteiger partial charge in [-0.05, 0) is 36.4 Å². The molecule has 0 bridgehead atoms. The maximum absolute atomic E-state index is 12.9. The van der Waals surface area contributed by atoms with Crippen LogP contribution in [0.25, 0.3) is 11.8 Å². The lowest BCUT2D eigenvalue weighted by atomic mass is 10.1. The van der Waals surface area contributed by atoms with Crippen LogP contribution in [0.2, 0.25) is 10.0 Å². The molecule has 0 atom stereocenters. The van der Waals surface area contributed by atoms with Crippen molar-refractivity contribution in [3.8, 4) is 11.5 Å². The number of methoxy groups -OCH3 is 2. The lowest BCUT2D eigenvalue weighted by molar-refractivity contribution is 0.201. The summed E-state index contributed by atoms with van der Waals surface area (Å²) in [6.07, 6.45) is 3.92. The summed E-state index contributed by atoms with van der Waals surface area (Å²) in [5.74, 6) is 1.24. The van der Waals surface area contributed by atoms with E-state index in [9.17, 15) is 4.79 Å². The van der Waals surface area contributed by atoms with E-state index in [1.165, 1.54) is 24.4 Å². The molecule has 0 aliphatic carbocycles. The predicted octanol–water partition coefficient (Wildman–Crippen LogP) is 6.18. The molecule has 0 aliphatic heterocycles. The van der Waals surface area contributed by atoms with Gasteiger partial charge in [-0.25, -0.2) is 4.79 Å². The van der Waals surface area contributed by atoms with E-state index in [0.29, 0.717) is 38.4 Å². The van der Waals surface area contributed by atoms with Crippen LogP contribution in [-0.4, -0.2) is 32.3 Å². The van der Waals surface area contributed by atoms with Gasteiger partial charge in [0.2, 0.25) is 0 Å². The Morgan fingerprint density at radius 2 is 1.61 bits per heavy atom. The summed E-state index contributed by atoms with van der Waals surface area (Å²) in [5, 5.41) is 0.635. The SMILES string of the molecule is COc1ccc(C(=Cc2c(Cl)cncc2Cl)OC(=O)N(C)c2ccccc2)cc1OC. The molecule has 0 fully saturated rings. The summed E-state index contributed by atoms with van der Waals surface area (Å²) < 4.78 is 16.4. The molecule has 31 heavy (non-hydrogen) atoms. The first-order valence-corrected chi connectivity index (χ1v) is 9.94. The molecule has 0 saturated carbocycles. The Morgan fingerprint density at radius 3 is 2.23 bits per heavy atom. The second-order valence-electron chi connectivity index (χ2n) is 6.36. The van der Waals surface area contributed by atoms with Gasteiger partial charge in [0.05, 0.1) is 24.3 Å². The van der Waals surface area contributed by atoms with Gasteiger partial charge >= 0.3 is 6.09 Å². The van der Waals surface area contributed by atoms with Crippen molar-refractivity contribution in [1.29, 1.82) is 0 Å². The van der Waals surface area contributed by atoms with Gasteiger partial charge in [0.25, 0.3) is 0 Å². The molecule has 3 rings (SSSR count). The van der Waals surface area contributed by atoms with Crippen LogP contribution < -0.4 is 14.4 Å². The van der Waals surface area contributed by atoms with Crippen molar-refractivity contribution in [1.82, 2.24) is 4.98 Å². The third kappa shape index (κ3) is 5.29. The van der Waals surface area contributed by atoms with E-state index < -0.39 is 6.09 Å². The molecule has 1 aromatic heterocycles. The number of carbonyl (C=O) groups excluding carboxylic acids is 1. The summed E-state index contributed by atoms with van der Waals surface area (Å²) in [6.45, 7) is 0. The Bertz CT molecular complexity index is 1080. The van der Waals surface area contributed by atoms with Gasteiger partial charge < -0.3 is 14.2 Å². The Kier molecular flexibility index (Phi) is 7.39. The van der Waals surface area contributed by atoms with Crippen LogP contribution in [0.1, 0.15) is 11.1 Å². The smallest absolute Gasteiger partial charge is 0.419 e. The highest BCUT2D eigenvalue weighted by atomic mass is 35.5. The van der Waals surface area contributed by atoms with Crippen molar-refractivity contribution in [2.45, 2.75) is 0 Å². The van der Waals surface area contributed by atoms with Crippen LogP contribution in [0.3, 0.4) is 0 Å². The molecule has 0 N–H and O–H groups in total. The third-order valence-corrected chi connectivity index (χ3v) is 5.05. The molecule has 0 unspecified atom stereocenters. The minimum atomic E-state index is -0.589. The Balaban J connectivity index is 2.05. The monoisotopic (exact) mass is 458 g/mol. The van der Waals surface area contributed by atoms with Crippen molar-refractivity contribution >= 4 is 46.8 Å². The first-order valence-electron chi connectivity index (χ1n) is 9.18. The average molecular weight is 459 g/mol. The zero-order valence-electron chi connectivity index (χ0n) is 17.1. The highest BCUT2D eigenvalue weighted by Gasteiger charge is 2.18. The zero-order chi connectivity index (χ0) is 22.4. The van der Waals surface area contributed by atoms with Gasteiger partial charge in [-0.2, -0.15) is 0 Å². The first-order chi connectivity index (χ1) is 14.9. The van der Waals surface area contributed by atoms with Crippen LogP contribution in [0.15, 0.2) is 60.9 Å². The van der Waals surface area contributed by atoms with Crippen LogP contribution in [0.4, 0.5) is 10.5 Å². The summed E-state index contributed by atoms with van der Waals surface area (Å²) in [5.41, 5.74) is 1.72. The topological polar surface area (TPSA) is 60.9 Å². The molecule has 0 saturated heterocycles. The highest BCUT2D eigenvalue weighted by molar-refractivity contribution is 6.37. The second-order valence-corrected chi connectivity index (χ2v) is 7.17. The molecule has 160 valence electrons. The number of hydrogen-bond acceptors (Lipinski definition) is 5. The number of ether oxygens (including phenoxy) is 3. The number of halogens is 2. The molecule has 0 aliphatic rings. The number of benzene rings is 2. The largest absolute Gasteiger partial charge is 0.493 e. The maximum Gasteiger partial charge on any atom is 0.419 e. The molecule has 1 amide bonds. The number of pyridine rings is 1. The number of hydrogen-bond donors (Lipinski definition) is 0. The normalized spacial score (nSPS) is 11.1. The second kappa shape index (κ2) is 10.2. The van der Waals surface area contributed by atoms with Gasteiger partial charge in [0.1, 0.15) is 5.76 Å². The molecule has 6 nitrogen and oxygen atoms in total. The summed E-state index contributed by atoms with van der Waals surface area (Å²) in [4.78, 5) is 18.2. The quantitative estimate of drug-likeness (QED) is 0.412. The number of aromatic nitrogens is 1. The van der Waals surface area contributed by atoms with Gasteiger partial charge in [0.15, 0.2) is 11.5 Å². The van der Waals surface area contributed by atoms with Crippen molar-refractivity contribution in [3.05, 3.63) is 82.1 Å². The number of para-hydroxylation sites is 1. The molecule has 3 aromatic rings. The van der Waals surface area contributed by atoms with E-state index in [4.69, 9.17) is 37.4 Å². The Labute approximate surface area is 190 Å². The van der Waals surface area contributed by atoms with Gasteiger partial charge in [-0.3, -0.25) is 9.88 Å². The Hall–Kier alpha value is -3.22. The van der Waals surface area contributed by atoms with E-state index in [-0.39, 0.29) is 5.76 Å². The first kappa shape index (κ1) is 22.5. The van der Waals surface area contributed by atoms with Crippen molar-refractivity contribution in [2.75, 3.05) is 26.2 Å². The molecule has 8 heteroatoms. The number of anilines is 1. The van der Waals surface area contributed by atoms with E-state index in [0.717, 1.165) is 0 Å². The predicted molar refractivity (Wildman–Crippen MR) is 123 cm³/mol. The molecule has 0 radical (unpaired) electrons.